The zero-order valence-electron chi connectivity index (χ0n) is 4.85. The van der Waals surface area contributed by atoms with Crippen LogP contribution in [0.2, 0.25) is 0 Å². The molecule has 0 atom stereocenters. The number of hydrogen-bond donors (Lipinski definition) is 1. The summed E-state index contributed by atoms with van der Waals surface area (Å²) in [4.78, 5) is 0. The van der Waals surface area contributed by atoms with E-state index in [-0.39, 0.29) is 18.6 Å². The molecule has 0 bridgehead atoms. The van der Waals surface area contributed by atoms with Gasteiger partial charge in [0.15, 0.2) is 0 Å². The van der Waals surface area contributed by atoms with Gasteiger partial charge < -0.3 is 5.32 Å². The van der Waals surface area contributed by atoms with Gasteiger partial charge in [0.05, 0.1) is 0 Å². The molecule has 1 nitrogen and oxygen atoms in total. The van der Waals surface area contributed by atoms with E-state index < -0.39 is 0 Å². The van der Waals surface area contributed by atoms with Crippen molar-refractivity contribution in [2.75, 3.05) is 0 Å². The van der Waals surface area contributed by atoms with Crippen molar-refractivity contribution < 1.29 is 18.6 Å². The van der Waals surface area contributed by atoms with Crippen LogP contribution in [-0.2, 0) is 18.6 Å². The van der Waals surface area contributed by atoms with Gasteiger partial charge in [0.2, 0.25) is 0 Å². The molecular weight excluding hydrogens is 137 g/mol. The molecule has 0 aromatic rings. The van der Waals surface area contributed by atoms with Gasteiger partial charge in [0, 0.05) is 18.6 Å². The van der Waals surface area contributed by atoms with Gasteiger partial charge >= 0.3 is 0 Å². The summed E-state index contributed by atoms with van der Waals surface area (Å²) in [6.45, 7) is 2.20. The van der Waals surface area contributed by atoms with E-state index in [1.165, 1.54) is 25.7 Å². The third-order valence-electron chi connectivity index (χ3n) is 2.03. The molecule has 45 valence electrons. The van der Waals surface area contributed by atoms with Gasteiger partial charge in [-0.1, -0.05) is 6.42 Å². The predicted octanol–water partition coefficient (Wildman–Crippen LogP) is 1.06. The molecule has 2 rings (SSSR count). The molecule has 1 saturated heterocycles. The van der Waals surface area contributed by atoms with E-state index in [4.69, 9.17) is 0 Å². The molecule has 0 amide bonds. The van der Waals surface area contributed by atoms with Crippen LogP contribution in [0.4, 0.5) is 0 Å². The summed E-state index contributed by atoms with van der Waals surface area (Å²) in [5.41, 5.74) is 0.639. The Hall–Kier alpha value is 0.544. The summed E-state index contributed by atoms with van der Waals surface area (Å²) in [6.07, 6.45) is 5.53. The molecule has 1 saturated carbocycles. The van der Waals surface area contributed by atoms with E-state index in [0.717, 1.165) is 0 Å². The molecule has 2 fully saturated rings. The molecule has 0 aromatic heterocycles. The summed E-state index contributed by atoms with van der Waals surface area (Å²) in [5.74, 6) is 0. The first kappa shape index (κ1) is 6.66. The standard InChI is InChI=1S/C6H10N.V/c1-2-6(3-4-6)7-5-1;/h5,7H,1-4H2;/q-1;. The second-order valence-electron chi connectivity index (χ2n) is 2.67. The Morgan fingerprint density at radius 2 is 2.00 bits per heavy atom. The zero-order chi connectivity index (χ0) is 4.74. The first-order valence-electron chi connectivity index (χ1n) is 3.01. The molecule has 1 heterocycles. The molecule has 0 aromatic carbocycles. The van der Waals surface area contributed by atoms with Crippen molar-refractivity contribution in [3.05, 3.63) is 6.54 Å². The van der Waals surface area contributed by atoms with Crippen LogP contribution in [-0.4, -0.2) is 5.54 Å². The first-order valence-corrected chi connectivity index (χ1v) is 3.01. The third kappa shape index (κ3) is 0.951. The van der Waals surface area contributed by atoms with E-state index in [9.17, 15) is 0 Å². The summed E-state index contributed by atoms with van der Waals surface area (Å²) in [7, 11) is 0. The number of nitrogens with one attached hydrogen (secondary N) is 1. The molecule has 2 heteroatoms. The van der Waals surface area contributed by atoms with Gasteiger partial charge in [-0.15, -0.1) is 0 Å². The molecule has 1 aliphatic heterocycles. The van der Waals surface area contributed by atoms with Crippen LogP contribution in [0.25, 0.3) is 0 Å². The van der Waals surface area contributed by atoms with Crippen LogP contribution in [0.1, 0.15) is 25.7 Å². The van der Waals surface area contributed by atoms with Crippen molar-refractivity contribution in [3.8, 4) is 0 Å². The molecule has 1 spiro atoms. The molecule has 8 heavy (non-hydrogen) atoms. The maximum atomic E-state index is 3.38. The molecule has 1 aliphatic carbocycles. The topological polar surface area (TPSA) is 12.0 Å². The maximum absolute atomic E-state index is 3.38. The van der Waals surface area contributed by atoms with E-state index >= 15 is 0 Å². The van der Waals surface area contributed by atoms with Crippen LogP contribution >= 0.6 is 0 Å². The van der Waals surface area contributed by atoms with Gasteiger partial charge in [0.1, 0.15) is 0 Å². The number of hydrogen-bond acceptors (Lipinski definition) is 1. The Balaban J connectivity index is 0.000000320. The molecular formula is C6H10NV-. The molecule has 2 aliphatic rings. The van der Waals surface area contributed by atoms with Crippen LogP contribution in [0.15, 0.2) is 0 Å². The second-order valence-corrected chi connectivity index (χ2v) is 2.67. The predicted molar refractivity (Wildman–Crippen MR) is 28.6 cm³/mol. The largest absolute Gasteiger partial charge is 0.465 e. The average molecular weight is 147 g/mol. The summed E-state index contributed by atoms with van der Waals surface area (Å²) in [6, 6.07) is 0. The van der Waals surface area contributed by atoms with E-state index in [2.05, 4.69) is 11.9 Å². The molecule has 1 N–H and O–H groups in total. The number of rotatable bonds is 0. The van der Waals surface area contributed by atoms with Gasteiger partial charge in [-0.3, -0.25) is 6.54 Å². The van der Waals surface area contributed by atoms with Gasteiger partial charge in [-0.05, 0) is 18.4 Å². The van der Waals surface area contributed by atoms with Crippen molar-refractivity contribution >= 4 is 0 Å². The Kier molecular flexibility index (Phi) is 1.71. The van der Waals surface area contributed by atoms with Crippen LogP contribution in [0.5, 0.6) is 0 Å². The smallest absolute Gasteiger partial charge is 0 e. The minimum atomic E-state index is 0. The second kappa shape index (κ2) is 2.05. The zero-order valence-corrected chi connectivity index (χ0v) is 6.25. The Morgan fingerprint density at radius 3 is 2.25 bits per heavy atom. The summed E-state index contributed by atoms with van der Waals surface area (Å²) in [5, 5.41) is 3.38. The molecule has 0 unspecified atom stereocenters. The fourth-order valence-electron chi connectivity index (χ4n) is 1.25. The van der Waals surface area contributed by atoms with Crippen molar-refractivity contribution in [1.82, 2.24) is 5.32 Å². The first-order chi connectivity index (χ1) is 3.41. The quantitative estimate of drug-likeness (QED) is 0.505. The van der Waals surface area contributed by atoms with Crippen molar-refractivity contribution in [1.29, 1.82) is 0 Å². The molecule has 1 radical (unpaired) electrons. The third-order valence-corrected chi connectivity index (χ3v) is 2.03. The van der Waals surface area contributed by atoms with Gasteiger partial charge in [0.25, 0.3) is 0 Å². The fourth-order valence-corrected chi connectivity index (χ4v) is 1.25. The van der Waals surface area contributed by atoms with Crippen molar-refractivity contribution in [2.45, 2.75) is 31.2 Å². The van der Waals surface area contributed by atoms with Crippen LogP contribution in [0, 0.1) is 6.54 Å². The van der Waals surface area contributed by atoms with Gasteiger partial charge in [-0.2, -0.15) is 6.42 Å². The van der Waals surface area contributed by atoms with Crippen molar-refractivity contribution in [2.24, 2.45) is 0 Å². The van der Waals surface area contributed by atoms with E-state index in [1.807, 2.05) is 0 Å². The van der Waals surface area contributed by atoms with Crippen LogP contribution < -0.4 is 5.32 Å². The SMILES string of the molecule is [CH-]1CCC2(CC2)N1.[V]. The monoisotopic (exact) mass is 147 g/mol. The van der Waals surface area contributed by atoms with Crippen LogP contribution in [0.3, 0.4) is 0 Å². The van der Waals surface area contributed by atoms with E-state index in [1.54, 1.807) is 0 Å². The fraction of sp³-hybridized carbons (Fsp3) is 0.833. The Morgan fingerprint density at radius 1 is 1.25 bits per heavy atom. The Bertz CT molecular complexity index is 80.5. The van der Waals surface area contributed by atoms with E-state index in [0.29, 0.717) is 5.54 Å². The maximum Gasteiger partial charge on any atom is 0 e. The van der Waals surface area contributed by atoms with Crippen molar-refractivity contribution in [3.63, 3.8) is 0 Å². The van der Waals surface area contributed by atoms with Gasteiger partial charge in [-0.25, -0.2) is 0 Å². The average Bonchev–Trinajstić information content (AvgIpc) is 2.15. The Labute approximate surface area is 62.1 Å². The minimum Gasteiger partial charge on any atom is -0.465 e. The minimum absolute atomic E-state index is 0. The normalized spacial score (nSPS) is 30.0. The summed E-state index contributed by atoms with van der Waals surface area (Å²) >= 11 is 0. The summed E-state index contributed by atoms with van der Waals surface area (Å²) < 4.78 is 0.